The fraction of sp³-hybridized carbons (Fsp3) is 0.412. The van der Waals surface area contributed by atoms with Crippen molar-refractivity contribution in [2.45, 2.75) is 115 Å². The standard InChI is InChI=1S/C51H73N17O7/c1-29-14-18-32(19-15-29)25-40(67-47(74)41(26-33-20-16-30(2)17-21-33)66-44(71)38(63-31(3)69)12-7-23-60-50(55)56)46(73)65-39(13-8-24-61-51(57)58)45(72)68-42(27-34-28-62-36-10-5-4-9-35(34)36)48(75)64-37(43(52)70)11-6-22-59-49(53)54/h4-5,9-10,14-21,28,37-42,62H,6-8,11-13,22-27H2,1-3H3,(H2,52,70)(H,63,69)(H,64,75)(H,65,73)(H,66,71)(H,67,74)(H,68,72)(H4,53,54,59)(H4,55,56,60)(H4,57,58,61)/t37-,38-,39-,40-,41-,42-/m0/s1. The second kappa shape index (κ2) is 29.7. The molecule has 24 nitrogen and oxygen atoms in total. The molecule has 1 aromatic heterocycles. The van der Waals surface area contributed by atoms with Crippen LogP contribution in [0.4, 0.5) is 0 Å². The van der Waals surface area contributed by atoms with Crippen molar-refractivity contribution in [3.8, 4) is 0 Å². The first-order valence-corrected chi connectivity index (χ1v) is 24.6. The molecule has 0 aliphatic heterocycles. The highest BCUT2D eigenvalue weighted by atomic mass is 16.2. The number of hydrogen-bond acceptors (Lipinski definition) is 10. The number of H-pyrrole nitrogens is 1. The van der Waals surface area contributed by atoms with E-state index in [1.165, 1.54) is 6.92 Å². The van der Waals surface area contributed by atoms with Gasteiger partial charge in [0.05, 0.1) is 0 Å². The number of carbonyl (C=O) groups excluding carboxylic acids is 7. The molecule has 0 fully saturated rings. The average Bonchev–Trinajstić information content (AvgIpc) is 3.76. The minimum absolute atomic E-state index is 0.0138. The molecule has 7 amide bonds. The molecule has 6 atom stereocenters. The third-order valence-corrected chi connectivity index (χ3v) is 11.9. The van der Waals surface area contributed by atoms with E-state index in [0.717, 1.165) is 22.0 Å². The summed E-state index contributed by atoms with van der Waals surface area (Å²) in [6.07, 6.45) is 2.50. The number of aromatic nitrogens is 1. The molecule has 24 heteroatoms. The number of para-hydroxylation sites is 1. The van der Waals surface area contributed by atoms with Crippen molar-refractivity contribution in [1.82, 2.24) is 36.9 Å². The molecule has 1 heterocycles. The molecule has 0 unspecified atom stereocenters. The topological polar surface area (TPSA) is 427 Å². The summed E-state index contributed by atoms with van der Waals surface area (Å²) < 4.78 is 0. The molecule has 4 aromatic rings. The highest BCUT2D eigenvalue weighted by Crippen LogP contribution is 2.20. The Labute approximate surface area is 435 Å². The highest BCUT2D eigenvalue weighted by molar-refractivity contribution is 5.97. The van der Waals surface area contributed by atoms with Crippen molar-refractivity contribution in [3.63, 3.8) is 0 Å². The molecule has 0 saturated heterocycles. The van der Waals surface area contributed by atoms with E-state index in [-0.39, 0.29) is 88.9 Å². The summed E-state index contributed by atoms with van der Waals surface area (Å²) in [6, 6.07) is 14.4. The van der Waals surface area contributed by atoms with Crippen LogP contribution in [0.1, 0.15) is 73.3 Å². The van der Waals surface area contributed by atoms with Gasteiger partial charge in [0.2, 0.25) is 41.4 Å². The fourth-order valence-electron chi connectivity index (χ4n) is 8.01. The van der Waals surface area contributed by atoms with Crippen molar-refractivity contribution in [1.29, 1.82) is 0 Å². The summed E-state index contributed by atoms with van der Waals surface area (Å²) in [4.78, 5) is 112. The van der Waals surface area contributed by atoms with Gasteiger partial charge in [0.25, 0.3) is 0 Å². The second-order valence-electron chi connectivity index (χ2n) is 18.3. The number of carbonyl (C=O) groups is 7. The lowest BCUT2D eigenvalue weighted by atomic mass is 10.00. The zero-order valence-electron chi connectivity index (χ0n) is 42.7. The monoisotopic (exact) mass is 1040 g/mol. The van der Waals surface area contributed by atoms with E-state index in [1.807, 2.05) is 62.4 Å². The van der Waals surface area contributed by atoms with Gasteiger partial charge in [-0.05, 0) is 75.1 Å². The van der Waals surface area contributed by atoms with Crippen molar-refractivity contribution >= 4 is 70.1 Å². The summed E-state index contributed by atoms with van der Waals surface area (Å²) in [5.74, 6) is -5.52. The van der Waals surface area contributed by atoms with Gasteiger partial charge in [0.1, 0.15) is 36.3 Å². The van der Waals surface area contributed by atoms with E-state index in [2.05, 4.69) is 51.9 Å². The average molecular weight is 1040 g/mol. The number of primary amides is 1. The quantitative estimate of drug-likeness (QED) is 0.0159. The number of fused-ring (bicyclic) bond motifs is 1. The molecular formula is C51H73N17O7. The maximum Gasteiger partial charge on any atom is 0.243 e. The van der Waals surface area contributed by atoms with Gasteiger partial charge >= 0.3 is 0 Å². The van der Waals surface area contributed by atoms with Crippen LogP contribution in [0, 0.1) is 13.8 Å². The molecule has 0 aliphatic carbocycles. The molecule has 0 bridgehead atoms. The Morgan fingerprint density at radius 1 is 0.467 bits per heavy atom. The predicted molar refractivity (Wildman–Crippen MR) is 288 cm³/mol. The van der Waals surface area contributed by atoms with E-state index < -0.39 is 77.6 Å². The second-order valence-corrected chi connectivity index (χ2v) is 18.3. The number of hydrogen-bond donors (Lipinski definition) is 14. The van der Waals surface area contributed by atoms with E-state index in [1.54, 1.807) is 30.5 Å². The fourth-order valence-corrected chi connectivity index (χ4v) is 8.01. The summed E-state index contributed by atoms with van der Waals surface area (Å²) in [5.41, 5.74) is 43.4. The van der Waals surface area contributed by atoms with Crippen molar-refractivity contribution in [2.75, 3.05) is 19.6 Å². The Hall–Kier alpha value is -8.70. The van der Waals surface area contributed by atoms with Gasteiger partial charge in [-0.3, -0.25) is 48.5 Å². The van der Waals surface area contributed by atoms with Gasteiger partial charge in [0, 0.05) is 62.9 Å². The number of nitrogens with two attached hydrogens (primary N) is 7. The Bertz CT molecular complexity index is 2660. The van der Waals surface area contributed by atoms with Crippen LogP contribution in [0.5, 0.6) is 0 Å². The molecule has 3 aromatic carbocycles. The Morgan fingerprint density at radius 3 is 1.24 bits per heavy atom. The van der Waals surface area contributed by atoms with Gasteiger partial charge in [-0.15, -0.1) is 0 Å². The number of guanidine groups is 3. The predicted octanol–water partition coefficient (Wildman–Crippen LogP) is -1.61. The Kier molecular flexibility index (Phi) is 23.3. The van der Waals surface area contributed by atoms with Gasteiger partial charge < -0.3 is 77.0 Å². The molecular weight excluding hydrogens is 963 g/mol. The van der Waals surface area contributed by atoms with Crippen LogP contribution >= 0.6 is 0 Å². The van der Waals surface area contributed by atoms with Gasteiger partial charge in [-0.25, -0.2) is 0 Å². The summed E-state index contributed by atoms with van der Waals surface area (Å²) >= 11 is 0. The lowest BCUT2D eigenvalue weighted by Gasteiger charge is -2.28. The first kappa shape index (κ1) is 58.9. The molecule has 4 rings (SSSR count). The Balaban J connectivity index is 1.70. The van der Waals surface area contributed by atoms with Crippen LogP contribution in [0.15, 0.2) is 94.0 Å². The summed E-state index contributed by atoms with van der Waals surface area (Å²) in [6.45, 7) is 5.46. The molecule has 0 aliphatic rings. The van der Waals surface area contributed by atoms with Crippen molar-refractivity contribution < 1.29 is 33.6 Å². The van der Waals surface area contributed by atoms with Crippen LogP contribution in [0.25, 0.3) is 10.9 Å². The minimum Gasteiger partial charge on any atom is -0.370 e. The van der Waals surface area contributed by atoms with Crippen LogP contribution in [0.3, 0.4) is 0 Å². The number of benzene rings is 3. The van der Waals surface area contributed by atoms with Crippen LogP contribution < -0.4 is 72.0 Å². The van der Waals surface area contributed by atoms with E-state index >= 15 is 0 Å². The number of rotatable bonds is 30. The SMILES string of the molecule is CC(=O)N[C@@H](CCCN=C(N)N)C(=O)N[C@@H](Cc1ccc(C)cc1)C(=O)N[C@@H](Cc1ccc(C)cc1)C(=O)N[C@@H](CCCN=C(N)N)C(=O)N[C@@H](Cc1c[nH]c2ccccc12)C(=O)N[C@@H](CCCN=C(N)N)C(N)=O. The van der Waals surface area contributed by atoms with Crippen molar-refractivity contribution in [3.05, 3.63) is 107 Å². The summed E-state index contributed by atoms with van der Waals surface area (Å²) in [5, 5.41) is 17.3. The maximum atomic E-state index is 14.8. The van der Waals surface area contributed by atoms with E-state index in [4.69, 9.17) is 40.1 Å². The van der Waals surface area contributed by atoms with Gasteiger partial charge in [-0.1, -0.05) is 77.9 Å². The van der Waals surface area contributed by atoms with E-state index in [0.29, 0.717) is 23.1 Å². The third kappa shape index (κ3) is 20.7. The third-order valence-electron chi connectivity index (χ3n) is 11.9. The van der Waals surface area contributed by atoms with E-state index in [9.17, 15) is 33.6 Å². The van der Waals surface area contributed by atoms with Gasteiger partial charge in [-0.2, -0.15) is 0 Å². The number of nitrogens with zero attached hydrogens (tertiary/aromatic N) is 3. The van der Waals surface area contributed by atoms with Crippen LogP contribution in [-0.2, 0) is 52.8 Å². The molecule has 0 radical (unpaired) electrons. The molecule has 75 heavy (non-hydrogen) atoms. The molecule has 404 valence electrons. The molecule has 21 N–H and O–H groups in total. The maximum absolute atomic E-state index is 14.8. The smallest absolute Gasteiger partial charge is 0.243 e. The van der Waals surface area contributed by atoms with Crippen LogP contribution in [-0.4, -0.2) is 120 Å². The number of aromatic amines is 1. The summed E-state index contributed by atoms with van der Waals surface area (Å²) in [7, 11) is 0. The lowest BCUT2D eigenvalue weighted by Crippen LogP contribution is -2.60. The number of aliphatic imine (C=N–C) groups is 3. The first-order valence-electron chi connectivity index (χ1n) is 24.6. The van der Waals surface area contributed by atoms with Gasteiger partial charge in [0.15, 0.2) is 17.9 Å². The lowest BCUT2D eigenvalue weighted by molar-refractivity contribution is -0.135. The number of amides is 7. The normalized spacial score (nSPS) is 13.3. The zero-order valence-corrected chi connectivity index (χ0v) is 42.7. The highest BCUT2D eigenvalue weighted by Gasteiger charge is 2.34. The van der Waals surface area contributed by atoms with Crippen LogP contribution in [0.2, 0.25) is 0 Å². The zero-order chi connectivity index (χ0) is 55.0. The Morgan fingerprint density at radius 2 is 0.827 bits per heavy atom. The number of aryl methyl sites for hydroxylation is 2. The number of nitrogens with one attached hydrogen (secondary N) is 7. The molecule has 0 saturated carbocycles. The minimum atomic E-state index is -1.35. The molecule has 0 spiro atoms. The largest absolute Gasteiger partial charge is 0.370 e. The first-order chi connectivity index (χ1) is 35.7. The van der Waals surface area contributed by atoms with Crippen molar-refractivity contribution in [2.24, 2.45) is 55.1 Å².